The molecule has 0 fully saturated rings. The maximum absolute atomic E-state index is 10.4. The second-order valence-electron chi connectivity index (χ2n) is 4.34. The summed E-state index contributed by atoms with van der Waals surface area (Å²) in [7, 11) is 0. The smallest absolute Gasteiger partial charge is 0.175 e. The van der Waals surface area contributed by atoms with Gasteiger partial charge in [-0.2, -0.15) is 0 Å². The van der Waals surface area contributed by atoms with Crippen LogP contribution in [0.3, 0.4) is 0 Å². The van der Waals surface area contributed by atoms with Crippen molar-refractivity contribution in [1.82, 2.24) is 0 Å². The number of benzene rings is 2. The Bertz CT molecular complexity index is 583. The highest BCUT2D eigenvalue weighted by Crippen LogP contribution is 2.40. The average molecular weight is 321 g/mol. The minimum absolute atomic E-state index is 0.532. The lowest BCUT2D eigenvalue weighted by atomic mass is 10.0. The van der Waals surface area contributed by atoms with E-state index >= 15 is 0 Å². The number of aliphatic hydroxyl groups excluding tert-OH is 1. The lowest BCUT2D eigenvalue weighted by Crippen LogP contribution is -2.16. The summed E-state index contributed by atoms with van der Waals surface area (Å²) in [6.07, 6.45) is -0.673. The molecule has 1 unspecified atom stereocenters. The largest absolute Gasteiger partial charge is 0.486 e. The molecule has 0 aliphatic carbocycles. The molecule has 4 heteroatoms. The van der Waals surface area contributed by atoms with Gasteiger partial charge in [0.2, 0.25) is 0 Å². The van der Waals surface area contributed by atoms with Gasteiger partial charge in [-0.3, -0.25) is 0 Å². The van der Waals surface area contributed by atoms with Crippen LogP contribution in [0.15, 0.2) is 46.9 Å². The highest BCUT2D eigenvalue weighted by Gasteiger charge is 2.19. The first kappa shape index (κ1) is 12.5. The average Bonchev–Trinajstić information content (AvgIpc) is 2.47. The molecule has 0 bridgehead atoms. The van der Waals surface area contributed by atoms with Gasteiger partial charge >= 0.3 is 0 Å². The Labute approximate surface area is 119 Å². The van der Waals surface area contributed by atoms with E-state index in [0.717, 1.165) is 15.6 Å². The summed E-state index contributed by atoms with van der Waals surface area (Å²) < 4.78 is 11.9. The molecule has 3 rings (SSSR count). The second kappa shape index (κ2) is 5.23. The molecule has 0 aromatic heterocycles. The van der Waals surface area contributed by atoms with Crippen LogP contribution in [0.1, 0.15) is 17.2 Å². The molecule has 2 aromatic rings. The molecule has 98 valence electrons. The maximum Gasteiger partial charge on any atom is 0.175 e. The molecule has 1 aliphatic heterocycles. The third-order valence-corrected chi connectivity index (χ3v) is 3.64. The van der Waals surface area contributed by atoms with Gasteiger partial charge in [-0.05, 0) is 39.2 Å². The first-order valence-corrected chi connectivity index (χ1v) is 6.87. The van der Waals surface area contributed by atoms with Crippen LogP contribution in [0.5, 0.6) is 11.5 Å². The molecule has 1 N–H and O–H groups in total. The molecular weight excluding hydrogens is 308 g/mol. The first-order chi connectivity index (χ1) is 9.25. The maximum atomic E-state index is 10.4. The molecule has 1 aliphatic rings. The highest BCUT2D eigenvalue weighted by molar-refractivity contribution is 9.10. The van der Waals surface area contributed by atoms with Crippen LogP contribution in [0, 0.1) is 0 Å². The van der Waals surface area contributed by atoms with E-state index in [9.17, 15) is 5.11 Å². The lowest BCUT2D eigenvalue weighted by Gasteiger charge is -2.21. The monoisotopic (exact) mass is 320 g/mol. The van der Waals surface area contributed by atoms with Crippen molar-refractivity contribution in [2.45, 2.75) is 6.10 Å². The minimum Gasteiger partial charge on any atom is -0.486 e. The van der Waals surface area contributed by atoms with Crippen molar-refractivity contribution in [1.29, 1.82) is 0 Å². The van der Waals surface area contributed by atoms with Gasteiger partial charge in [-0.25, -0.2) is 0 Å². The van der Waals surface area contributed by atoms with Gasteiger partial charge in [-0.1, -0.05) is 30.3 Å². The van der Waals surface area contributed by atoms with E-state index in [1.165, 1.54) is 0 Å². The van der Waals surface area contributed by atoms with Gasteiger partial charge in [0.05, 0.1) is 4.47 Å². The topological polar surface area (TPSA) is 38.7 Å². The van der Waals surface area contributed by atoms with Crippen LogP contribution in [0.4, 0.5) is 0 Å². The van der Waals surface area contributed by atoms with Gasteiger partial charge < -0.3 is 14.6 Å². The Hall–Kier alpha value is -1.52. The predicted octanol–water partition coefficient (Wildman–Crippen LogP) is 3.30. The molecule has 0 spiro atoms. The fourth-order valence-electron chi connectivity index (χ4n) is 2.12. The summed E-state index contributed by atoms with van der Waals surface area (Å²) in [6, 6.07) is 13.2. The van der Waals surface area contributed by atoms with Crippen LogP contribution in [-0.4, -0.2) is 18.3 Å². The van der Waals surface area contributed by atoms with Crippen molar-refractivity contribution in [2.75, 3.05) is 13.2 Å². The molecule has 2 aromatic carbocycles. The lowest BCUT2D eigenvalue weighted by molar-refractivity contribution is 0.168. The van der Waals surface area contributed by atoms with E-state index in [1.807, 2.05) is 42.5 Å². The van der Waals surface area contributed by atoms with Crippen LogP contribution in [-0.2, 0) is 0 Å². The van der Waals surface area contributed by atoms with E-state index in [1.54, 1.807) is 0 Å². The number of fused-ring (bicyclic) bond motifs is 1. The van der Waals surface area contributed by atoms with Crippen molar-refractivity contribution in [2.24, 2.45) is 0 Å². The van der Waals surface area contributed by atoms with Gasteiger partial charge in [-0.15, -0.1) is 0 Å². The molecule has 0 saturated heterocycles. The zero-order valence-electron chi connectivity index (χ0n) is 10.2. The third kappa shape index (κ3) is 2.46. The zero-order valence-corrected chi connectivity index (χ0v) is 11.8. The summed E-state index contributed by atoms with van der Waals surface area (Å²) in [5.41, 5.74) is 1.63. The number of hydrogen-bond donors (Lipinski definition) is 1. The molecule has 19 heavy (non-hydrogen) atoms. The molecule has 0 saturated carbocycles. The molecule has 0 amide bonds. The van der Waals surface area contributed by atoms with E-state index in [2.05, 4.69) is 15.9 Å². The highest BCUT2D eigenvalue weighted by atomic mass is 79.9. The third-order valence-electron chi connectivity index (χ3n) is 3.05. The van der Waals surface area contributed by atoms with Gasteiger partial charge in [0, 0.05) is 0 Å². The van der Waals surface area contributed by atoms with E-state index < -0.39 is 6.10 Å². The van der Waals surface area contributed by atoms with E-state index in [0.29, 0.717) is 24.7 Å². The van der Waals surface area contributed by atoms with Gasteiger partial charge in [0.1, 0.15) is 19.3 Å². The quantitative estimate of drug-likeness (QED) is 0.922. The molecule has 3 nitrogen and oxygen atoms in total. The fraction of sp³-hybridized carbons (Fsp3) is 0.200. The van der Waals surface area contributed by atoms with Crippen LogP contribution in [0.25, 0.3) is 0 Å². The van der Waals surface area contributed by atoms with Crippen molar-refractivity contribution < 1.29 is 14.6 Å². The summed E-state index contributed by atoms with van der Waals surface area (Å²) in [6.45, 7) is 1.08. The summed E-state index contributed by atoms with van der Waals surface area (Å²) >= 11 is 3.46. The fourth-order valence-corrected chi connectivity index (χ4v) is 2.69. The predicted molar refractivity (Wildman–Crippen MR) is 75.6 cm³/mol. The molecule has 1 atom stereocenters. The number of halogens is 1. The Morgan fingerprint density at radius 1 is 1.00 bits per heavy atom. The normalized spacial score (nSPS) is 15.1. The standard InChI is InChI=1S/C15H13BrO3/c16-12-8-11(9-13-15(12)19-7-6-18-13)14(17)10-4-2-1-3-5-10/h1-5,8-9,14,17H,6-7H2. The van der Waals surface area contributed by atoms with Crippen molar-refractivity contribution in [3.8, 4) is 11.5 Å². The number of ether oxygens (including phenoxy) is 2. The van der Waals surface area contributed by atoms with Crippen molar-refractivity contribution >= 4 is 15.9 Å². The van der Waals surface area contributed by atoms with Gasteiger partial charge in [0.25, 0.3) is 0 Å². The van der Waals surface area contributed by atoms with Crippen LogP contribution >= 0.6 is 15.9 Å². The van der Waals surface area contributed by atoms with Crippen molar-refractivity contribution in [3.05, 3.63) is 58.1 Å². The summed E-state index contributed by atoms with van der Waals surface area (Å²) in [4.78, 5) is 0. The molecule has 0 radical (unpaired) electrons. The number of rotatable bonds is 2. The SMILES string of the molecule is OC(c1ccccc1)c1cc(Br)c2c(c1)OCCO2. The Kier molecular flexibility index (Phi) is 3.44. The Morgan fingerprint density at radius 3 is 2.53 bits per heavy atom. The van der Waals surface area contributed by atoms with Crippen LogP contribution in [0.2, 0.25) is 0 Å². The Balaban J connectivity index is 1.99. The summed E-state index contributed by atoms with van der Waals surface area (Å²) in [5, 5.41) is 10.4. The molecule has 1 heterocycles. The number of aliphatic hydroxyl groups is 1. The minimum atomic E-state index is -0.673. The van der Waals surface area contributed by atoms with Gasteiger partial charge in [0.15, 0.2) is 11.5 Å². The van der Waals surface area contributed by atoms with E-state index in [-0.39, 0.29) is 0 Å². The summed E-state index contributed by atoms with van der Waals surface area (Å²) in [5.74, 6) is 1.38. The first-order valence-electron chi connectivity index (χ1n) is 6.08. The second-order valence-corrected chi connectivity index (χ2v) is 5.19. The van der Waals surface area contributed by atoms with E-state index in [4.69, 9.17) is 9.47 Å². The van der Waals surface area contributed by atoms with Crippen LogP contribution < -0.4 is 9.47 Å². The zero-order chi connectivity index (χ0) is 13.2. The Morgan fingerprint density at radius 2 is 1.74 bits per heavy atom. The number of hydrogen-bond acceptors (Lipinski definition) is 3. The molecular formula is C15H13BrO3. The van der Waals surface area contributed by atoms with Crippen molar-refractivity contribution in [3.63, 3.8) is 0 Å².